The Morgan fingerprint density at radius 3 is 2.63 bits per heavy atom. The summed E-state index contributed by atoms with van der Waals surface area (Å²) in [6.45, 7) is 3.84. The van der Waals surface area contributed by atoms with Gasteiger partial charge in [-0.2, -0.15) is 0 Å². The molecule has 0 spiro atoms. The number of benzene rings is 2. The number of halogens is 1. The Balaban J connectivity index is 2.10. The van der Waals surface area contributed by atoms with E-state index in [4.69, 9.17) is 4.98 Å². The summed E-state index contributed by atoms with van der Waals surface area (Å²) < 4.78 is 15.3. The lowest BCUT2D eigenvalue weighted by Gasteiger charge is -2.14. The van der Waals surface area contributed by atoms with Gasteiger partial charge in [-0.25, -0.2) is 9.37 Å². The third-order valence-electron chi connectivity index (χ3n) is 4.56. The summed E-state index contributed by atoms with van der Waals surface area (Å²) in [4.78, 5) is 22.4. The molecule has 0 aliphatic carbocycles. The highest BCUT2D eigenvalue weighted by molar-refractivity contribution is 5.94. The second-order valence-electron chi connectivity index (χ2n) is 6.39. The van der Waals surface area contributed by atoms with E-state index in [-0.39, 0.29) is 11.4 Å². The summed E-state index contributed by atoms with van der Waals surface area (Å²) in [5.41, 5.74) is 3.48. The first-order valence-corrected chi connectivity index (χ1v) is 8.82. The molecule has 4 rings (SSSR count). The van der Waals surface area contributed by atoms with Crippen molar-refractivity contribution < 1.29 is 4.39 Å². The quantitative estimate of drug-likeness (QED) is 0.543. The predicted molar refractivity (Wildman–Crippen MR) is 105 cm³/mol. The SMILES string of the molecule is CCc1nc2cccc(-c3ccnc(C)c3)c2c(=O)n1-c1cccc(F)c1. The molecule has 0 amide bonds. The molecule has 4 nitrogen and oxygen atoms in total. The lowest BCUT2D eigenvalue weighted by atomic mass is 10.0. The highest BCUT2D eigenvalue weighted by Gasteiger charge is 2.16. The Hall–Kier alpha value is -3.34. The van der Waals surface area contributed by atoms with Gasteiger partial charge in [0.05, 0.1) is 16.6 Å². The molecule has 0 atom stereocenters. The summed E-state index contributed by atoms with van der Waals surface area (Å²) in [6.07, 6.45) is 2.28. The number of rotatable bonds is 3. The van der Waals surface area contributed by atoms with Crippen LogP contribution in [0.15, 0.2) is 65.6 Å². The van der Waals surface area contributed by atoms with Crippen molar-refractivity contribution in [3.8, 4) is 16.8 Å². The fraction of sp³-hybridized carbons (Fsp3) is 0.136. The summed E-state index contributed by atoms with van der Waals surface area (Å²) in [7, 11) is 0. The molecular weight excluding hydrogens is 341 g/mol. The van der Waals surface area contributed by atoms with Crippen LogP contribution in [-0.4, -0.2) is 14.5 Å². The van der Waals surface area contributed by atoms with E-state index < -0.39 is 0 Å². The van der Waals surface area contributed by atoms with Crippen molar-refractivity contribution in [2.24, 2.45) is 0 Å². The Bertz CT molecular complexity index is 1210. The number of hydrogen-bond donors (Lipinski definition) is 0. The zero-order chi connectivity index (χ0) is 19.0. The molecule has 0 aliphatic heterocycles. The number of aromatic nitrogens is 3. The van der Waals surface area contributed by atoms with Crippen molar-refractivity contribution in [3.05, 3.63) is 88.5 Å². The second-order valence-corrected chi connectivity index (χ2v) is 6.39. The van der Waals surface area contributed by atoms with Crippen molar-refractivity contribution in [2.75, 3.05) is 0 Å². The van der Waals surface area contributed by atoms with Crippen LogP contribution in [0.1, 0.15) is 18.4 Å². The highest BCUT2D eigenvalue weighted by Crippen LogP contribution is 2.26. The van der Waals surface area contributed by atoms with E-state index in [0.717, 1.165) is 16.8 Å². The number of pyridine rings is 1. The average molecular weight is 359 g/mol. The van der Waals surface area contributed by atoms with E-state index in [1.165, 1.54) is 16.7 Å². The Labute approximate surface area is 156 Å². The monoisotopic (exact) mass is 359 g/mol. The largest absolute Gasteiger partial charge is 0.268 e. The molecule has 0 saturated heterocycles. The molecule has 0 N–H and O–H groups in total. The number of aryl methyl sites for hydroxylation is 2. The van der Waals surface area contributed by atoms with Crippen LogP contribution >= 0.6 is 0 Å². The van der Waals surface area contributed by atoms with Crippen LogP contribution in [0.5, 0.6) is 0 Å². The molecule has 2 aromatic heterocycles. The lowest BCUT2D eigenvalue weighted by Crippen LogP contribution is -2.24. The Kier molecular flexibility index (Phi) is 4.28. The Morgan fingerprint density at radius 2 is 1.89 bits per heavy atom. The average Bonchev–Trinajstić information content (AvgIpc) is 2.67. The number of fused-ring (bicyclic) bond motifs is 1. The van der Waals surface area contributed by atoms with Crippen molar-refractivity contribution in [2.45, 2.75) is 20.3 Å². The fourth-order valence-corrected chi connectivity index (χ4v) is 3.35. The predicted octanol–water partition coefficient (Wildman–Crippen LogP) is 4.46. The molecule has 2 aromatic carbocycles. The fourth-order valence-electron chi connectivity index (χ4n) is 3.35. The second kappa shape index (κ2) is 6.76. The van der Waals surface area contributed by atoms with Crippen LogP contribution in [-0.2, 0) is 6.42 Å². The molecule has 0 aliphatic rings. The summed E-state index contributed by atoms with van der Waals surface area (Å²) in [6, 6.07) is 15.5. The van der Waals surface area contributed by atoms with E-state index in [1.807, 2.05) is 44.2 Å². The van der Waals surface area contributed by atoms with Gasteiger partial charge >= 0.3 is 0 Å². The molecule has 2 heterocycles. The molecule has 0 saturated carbocycles. The maximum Gasteiger partial charge on any atom is 0.266 e. The summed E-state index contributed by atoms with van der Waals surface area (Å²) in [5.74, 6) is 0.209. The Morgan fingerprint density at radius 1 is 1.07 bits per heavy atom. The van der Waals surface area contributed by atoms with Crippen molar-refractivity contribution in [3.63, 3.8) is 0 Å². The summed E-state index contributed by atoms with van der Waals surface area (Å²) >= 11 is 0. The minimum absolute atomic E-state index is 0.201. The first-order chi connectivity index (χ1) is 13.1. The van der Waals surface area contributed by atoms with E-state index >= 15 is 0 Å². The van der Waals surface area contributed by atoms with Gasteiger partial charge in [0.15, 0.2) is 0 Å². The first kappa shape index (κ1) is 17.1. The first-order valence-electron chi connectivity index (χ1n) is 8.82. The standard InChI is InChI=1S/C22H18FN3O/c1-3-20-25-19-9-5-8-18(15-10-11-24-14(2)12-15)21(19)22(27)26(20)17-7-4-6-16(23)13-17/h4-13H,3H2,1-2H3. The van der Waals surface area contributed by atoms with Crippen LogP contribution < -0.4 is 5.56 Å². The highest BCUT2D eigenvalue weighted by atomic mass is 19.1. The normalized spacial score (nSPS) is 11.1. The number of hydrogen-bond acceptors (Lipinski definition) is 3. The maximum absolute atomic E-state index is 13.8. The molecule has 27 heavy (non-hydrogen) atoms. The van der Waals surface area contributed by atoms with Gasteiger partial charge in [0, 0.05) is 18.3 Å². The molecule has 134 valence electrons. The third-order valence-corrected chi connectivity index (χ3v) is 4.56. The summed E-state index contributed by atoms with van der Waals surface area (Å²) in [5, 5.41) is 0.518. The minimum Gasteiger partial charge on any atom is -0.268 e. The molecule has 4 aromatic rings. The van der Waals surface area contributed by atoms with Gasteiger partial charge in [-0.1, -0.05) is 25.1 Å². The molecule has 5 heteroatoms. The zero-order valence-corrected chi connectivity index (χ0v) is 15.1. The van der Waals surface area contributed by atoms with Gasteiger partial charge in [-0.05, 0) is 54.4 Å². The smallest absolute Gasteiger partial charge is 0.266 e. The van der Waals surface area contributed by atoms with Gasteiger partial charge < -0.3 is 0 Å². The van der Waals surface area contributed by atoms with Crippen molar-refractivity contribution in [1.29, 1.82) is 0 Å². The van der Waals surface area contributed by atoms with Gasteiger partial charge in [-0.15, -0.1) is 0 Å². The van der Waals surface area contributed by atoms with E-state index in [1.54, 1.807) is 18.3 Å². The van der Waals surface area contributed by atoms with Gasteiger partial charge in [0.2, 0.25) is 0 Å². The topological polar surface area (TPSA) is 47.8 Å². The third kappa shape index (κ3) is 3.01. The van der Waals surface area contributed by atoms with Crippen LogP contribution in [0.4, 0.5) is 4.39 Å². The maximum atomic E-state index is 13.8. The number of nitrogens with zero attached hydrogens (tertiary/aromatic N) is 3. The minimum atomic E-state index is -0.389. The molecular formula is C22H18FN3O. The molecule has 0 radical (unpaired) electrons. The van der Waals surface area contributed by atoms with E-state index in [0.29, 0.717) is 28.8 Å². The van der Waals surface area contributed by atoms with Crippen LogP contribution in [0, 0.1) is 12.7 Å². The molecule has 0 bridgehead atoms. The van der Waals surface area contributed by atoms with E-state index in [2.05, 4.69) is 4.98 Å². The van der Waals surface area contributed by atoms with E-state index in [9.17, 15) is 9.18 Å². The van der Waals surface area contributed by atoms with Gasteiger partial charge in [0.1, 0.15) is 11.6 Å². The van der Waals surface area contributed by atoms with Crippen LogP contribution in [0.25, 0.3) is 27.7 Å². The molecule has 0 unspecified atom stereocenters. The van der Waals surface area contributed by atoms with Crippen molar-refractivity contribution in [1.82, 2.24) is 14.5 Å². The van der Waals surface area contributed by atoms with Gasteiger partial charge in [-0.3, -0.25) is 14.3 Å². The zero-order valence-electron chi connectivity index (χ0n) is 15.1. The lowest BCUT2D eigenvalue weighted by molar-refractivity contribution is 0.625. The molecule has 0 fully saturated rings. The van der Waals surface area contributed by atoms with Crippen LogP contribution in [0.3, 0.4) is 0 Å². The van der Waals surface area contributed by atoms with Crippen molar-refractivity contribution >= 4 is 10.9 Å². The van der Waals surface area contributed by atoms with Gasteiger partial charge in [0.25, 0.3) is 5.56 Å². The van der Waals surface area contributed by atoms with Crippen LogP contribution in [0.2, 0.25) is 0 Å².